The maximum absolute atomic E-state index is 14.8. The first-order chi connectivity index (χ1) is 26.2. The molecule has 302 valence electrons. The molecule has 0 bridgehead atoms. The van der Waals surface area contributed by atoms with Gasteiger partial charge >= 0.3 is 0 Å². The molecule has 2 aromatic carbocycles. The van der Waals surface area contributed by atoms with E-state index in [9.17, 15) is 31.2 Å². The minimum Gasteiger partial charge on any atom is -0.494 e. The molecule has 1 saturated heterocycles. The number of halogens is 1. The normalized spacial score (nSPS) is 23.0. The lowest BCUT2D eigenvalue weighted by Gasteiger charge is -2.36. The van der Waals surface area contributed by atoms with Crippen molar-refractivity contribution in [3.63, 3.8) is 0 Å². The van der Waals surface area contributed by atoms with Crippen molar-refractivity contribution in [3.8, 4) is 11.6 Å². The number of pyridine rings is 1. The van der Waals surface area contributed by atoms with Crippen molar-refractivity contribution in [1.82, 2.24) is 24.2 Å². The lowest BCUT2D eigenvalue weighted by atomic mass is 9.85. The molecule has 2 heterocycles. The Kier molecular flexibility index (Phi) is 11.1. The number of likely N-dealkylation sites (tertiary alicyclic amines) is 1. The van der Waals surface area contributed by atoms with Crippen LogP contribution in [0.3, 0.4) is 0 Å². The van der Waals surface area contributed by atoms with E-state index in [1.54, 1.807) is 30.3 Å². The number of aromatic nitrogens is 1. The second kappa shape index (κ2) is 15.1. The highest BCUT2D eigenvalue weighted by atomic mass is 35.5. The fourth-order valence-corrected chi connectivity index (χ4v) is 9.33. The van der Waals surface area contributed by atoms with Crippen LogP contribution in [0.2, 0.25) is 5.02 Å². The number of methoxy groups -OCH3 is 1. The Balaban J connectivity index is 1.32. The molecule has 2 saturated carbocycles. The lowest BCUT2D eigenvalue weighted by Crippen LogP contribution is -2.58. The van der Waals surface area contributed by atoms with Crippen LogP contribution in [0, 0.1) is 11.3 Å². The number of amides is 3. The predicted molar refractivity (Wildman–Crippen MR) is 211 cm³/mol. The topological polar surface area (TPSA) is 193 Å². The quantitative estimate of drug-likeness (QED) is 0.201. The summed E-state index contributed by atoms with van der Waals surface area (Å²) in [5.74, 6) is -1.84. The van der Waals surface area contributed by atoms with Gasteiger partial charge in [0.05, 0.1) is 30.0 Å². The van der Waals surface area contributed by atoms with E-state index in [2.05, 4.69) is 26.9 Å². The number of ether oxygens (including phenoxy) is 2. The number of nitrogens with one attached hydrogen (secondary N) is 3. The molecule has 56 heavy (non-hydrogen) atoms. The molecule has 0 radical (unpaired) electrons. The average Bonchev–Trinajstić information content (AvgIpc) is 4.07. The van der Waals surface area contributed by atoms with Crippen molar-refractivity contribution in [2.24, 2.45) is 11.3 Å². The van der Waals surface area contributed by atoms with E-state index < -0.39 is 78.1 Å². The molecular formula is C38H47ClN6O9S2. The highest BCUT2D eigenvalue weighted by molar-refractivity contribution is 7.91. The molecule has 3 amide bonds. The maximum atomic E-state index is 14.8. The van der Waals surface area contributed by atoms with Gasteiger partial charge in [0.1, 0.15) is 29.5 Å². The minimum absolute atomic E-state index is 0.00186. The standard InChI is InChI=1S/C38H47ClN6O9S2/c1-8-22-19-38(22,36(48)43-55(49,50)26-14-15-26)42-33(46)30-18-25(54-34-29-17-23(39)9-16-28(29)31(53-7)20-40-34)21-45(30)35(47)32(37(2,3)4)41-24-10-12-27(13-11-24)56(51,52)44(5)6/h8-13,16-17,20,22,25-26,30,32,41H,1,14-15,18-19,21H2,2-7H3,(H,42,46)(H,43,48)/t22-,25-,30+,32+,38-/m1/s1. The van der Waals surface area contributed by atoms with E-state index >= 15 is 0 Å². The van der Waals surface area contributed by atoms with Gasteiger partial charge in [-0.1, -0.05) is 38.4 Å². The Hall–Kier alpha value is -4.45. The number of carbonyl (C=O) groups excluding carboxylic acids is 3. The van der Waals surface area contributed by atoms with Gasteiger partial charge in [0.15, 0.2) is 0 Å². The van der Waals surface area contributed by atoms with E-state index in [4.69, 9.17) is 21.1 Å². The van der Waals surface area contributed by atoms with Gasteiger partial charge in [0.2, 0.25) is 37.7 Å². The number of anilines is 1. The Morgan fingerprint density at radius 1 is 1.07 bits per heavy atom. The maximum Gasteiger partial charge on any atom is 0.259 e. The van der Waals surface area contributed by atoms with Gasteiger partial charge in [-0.25, -0.2) is 26.1 Å². The molecule has 3 aliphatic rings. The molecule has 0 spiro atoms. The van der Waals surface area contributed by atoms with E-state index in [0.29, 0.717) is 40.1 Å². The van der Waals surface area contributed by atoms with E-state index in [1.807, 2.05) is 20.8 Å². The number of hydrogen-bond donors (Lipinski definition) is 3. The molecule has 0 unspecified atom stereocenters. The summed E-state index contributed by atoms with van der Waals surface area (Å²) >= 11 is 6.35. The van der Waals surface area contributed by atoms with Crippen LogP contribution in [0.25, 0.3) is 10.8 Å². The second-order valence-corrected chi connectivity index (χ2v) is 20.3. The van der Waals surface area contributed by atoms with Gasteiger partial charge in [-0.2, -0.15) is 0 Å². The molecule has 6 rings (SSSR count). The molecule has 3 N–H and O–H groups in total. The van der Waals surface area contributed by atoms with Gasteiger partial charge in [-0.05, 0) is 67.1 Å². The molecule has 3 fully saturated rings. The monoisotopic (exact) mass is 830 g/mol. The highest BCUT2D eigenvalue weighted by Gasteiger charge is 2.62. The summed E-state index contributed by atoms with van der Waals surface area (Å²) in [5, 5.41) is 7.06. The summed E-state index contributed by atoms with van der Waals surface area (Å²) in [6, 6.07) is 9.07. The van der Waals surface area contributed by atoms with Crippen molar-refractivity contribution in [2.45, 2.75) is 80.3 Å². The largest absolute Gasteiger partial charge is 0.494 e. The number of carbonyl (C=O) groups is 3. The highest BCUT2D eigenvalue weighted by Crippen LogP contribution is 2.46. The van der Waals surface area contributed by atoms with Gasteiger partial charge in [0.25, 0.3) is 5.91 Å². The number of benzene rings is 2. The number of sulfonamides is 2. The smallest absolute Gasteiger partial charge is 0.259 e. The zero-order chi connectivity index (χ0) is 41.0. The van der Waals surface area contributed by atoms with Crippen molar-refractivity contribution in [3.05, 3.63) is 66.3 Å². The summed E-state index contributed by atoms with van der Waals surface area (Å²) in [4.78, 5) is 48.6. The van der Waals surface area contributed by atoms with Crippen LogP contribution in [0.1, 0.15) is 46.5 Å². The molecule has 15 nitrogen and oxygen atoms in total. The Bertz CT molecular complexity index is 2280. The Morgan fingerprint density at radius 2 is 1.75 bits per heavy atom. The third-order valence-electron chi connectivity index (χ3n) is 10.4. The fourth-order valence-electron chi connectivity index (χ4n) is 6.89. The fraction of sp³-hybridized carbons (Fsp3) is 0.474. The van der Waals surface area contributed by atoms with Crippen LogP contribution in [0.5, 0.6) is 11.6 Å². The SMILES string of the molecule is C=C[C@@H]1C[C@]1(NC(=O)[C@@H]1C[C@@H](Oc2ncc(OC)c3ccc(Cl)cc23)CN1C(=O)[C@H](Nc1ccc(S(=O)(=O)N(C)C)cc1)C(C)(C)C)C(=O)NS(=O)(=O)C1CC1. The van der Waals surface area contributed by atoms with Crippen molar-refractivity contribution < 1.29 is 40.7 Å². The van der Waals surface area contributed by atoms with Crippen LogP contribution in [0.4, 0.5) is 5.69 Å². The van der Waals surface area contributed by atoms with Crippen molar-refractivity contribution >= 4 is 65.8 Å². The average molecular weight is 831 g/mol. The van der Waals surface area contributed by atoms with Gasteiger partial charge in [-0.15, -0.1) is 6.58 Å². The van der Waals surface area contributed by atoms with Crippen molar-refractivity contribution in [2.75, 3.05) is 33.1 Å². The summed E-state index contributed by atoms with van der Waals surface area (Å²) in [7, 11) is -3.24. The van der Waals surface area contributed by atoms with Crippen LogP contribution >= 0.6 is 11.6 Å². The van der Waals surface area contributed by atoms with Gasteiger partial charge < -0.3 is 25.0 Å². The van der Waals surface area contributed by atoms with E-state index in [-0.39, 0.29) is 30.2 Å². The number of hydrogen-bond acceptors (Lipinski definition) is 11. The van der Waals surface area contributed by atoms with Crippen LogP contribution < -0.4 is 24.8 Å². The van der Waals surface area contributed by atoms with Crippen LogP contribution in [-0.2, 0) is 34.4 Å². The van der Waals surface area contributed by atoms with E-state index in [1.165, 1.54) is 50.5 Å². The molecule has 3 aromatic rings. The first-order valence-electron chi connectivity index (χ1n) is 18.1. The van der Waals surface area contributed by atoms with E-state index in [0.717, 1.165) is 4.31 Å². The molecule has 18 heteroatoms. The minimum atomic E-state index is -3.92. The van der Waals surface area contributed by atoms with Gasteiger partial charge in [0, 0.05) is 47.9 Å². The first-order valence-corrected chi connectivity index (χ1v) is 21.5. The summed E-state index contributed by atoms with van der Waals surface area (Å²) < 4.78 is 66.0. The molecule has 1 aliphatic heterocycles. The first kappa shape index (κ1) is 41.2. The summed E-state index contributed by atoms with van der Waals surface area (Å²) in [6.07, 6.45) is 3.25. The molecular weight excluding hydrogens is 784 g/mol. The number of nitrogens with zero attached hydrogens (tertiary/aromatic N) is 3. The van der Waals surface area contributed by atoms with Crippen LogP contribution in [-0.4, -0.2) is 105 Å². The summed E-state index contributed by atoms with van der Waals surface area (Å²) in [6.45, 7) is 9.27. The molecule has 5 atom stereocenters. The number of rotatable bonds is 14. The Labute approximate surface area is 332 Å². The third-order valence-corrected chi connectivity index (χ3v) is 14.3. The zero-order valence-electron chi connectivity index (χ0n) is 32.0. The van der Waals surface area contributed by atoms with Crippen molar-refractivity contribution in [1.29, 1.82) is 0 Å². The zero-order valence-corrected chi connectivity index (χ0v) is 34.4. The number of fused-ring (bicyclic) bond motifs is 1. The van der Waals surface area contributed by atoms with Gasteiger partial charge in [-0.3, -0.25) is 19.1 Å². The summed E-state index contributed by atoms with van der Waals surface area (Å²) in [5.41, 5.74) is -1.84. The predicted octanol–water partition coefficient (Wildman–Crippen LogP) is 3.69. The third kappa shape index (κ3) is 8.17. The molecule has 2 aliphatic carbocycles. The van der Waals surface area contributed by atoms with Crippen LogP contribution in [0.15, 0.2) is 66.2 Å². The second-order valence-electron chi connectivity index (χ2n) is 15.7. The Morgan fingerprint density at radius 3 is 2.32 bits per heavy atom. The lowest BCUT2D eigenvalue weighted by molar-refractivity contribution is -0.141. The molecule has 1 aromatic heterocycles.